The molecule has 2 atom stereocenters. The molecule has 0 saturated carbocycles. The molecule has 39 heavy (non-hydrogen) atoms. The Kier molecular flexibility index (Phi) is 26.6. The van der Waals surface area contributed by atoms with Gasteiger partial charge in [0.2, 0.25) is 0 Å². The summed E-state index contributed by atoms with van der Waals surface area (Å²) in [5.41, 5.74) is 0. The summed E-state index contributed by atoms with van der Waals surface area (Å²) < 4.78 is 10.5. The zero-order valence-electron chi connectivity index (χ0n) is 25.7. The second-order valence-corrected chi connectivity index (χ2v) is 12.6. The Hall–Kier alpha value is -0.921. The van der Waals surface area contributed by atoms with E-state index in [1.54, 1.807) is 13.8 Å². The Morgan fingerprint density at radius 1 is 0.462 bits per heavy atom. The number of rotatable bonds is 28. The third kappa shape index (κ3) is 20.6. The minimum absolute atomic E-state index is 0.0845. The van der Waals surface area contributed by atoms with Crippen LogP contribution >= 0.6 is 0 Å². The molecule has 0 aliphatic rings. The van der Waals surface area contributed by atoms with Gasteiger partial charge < -0.3 is 0 Å². The third-order valence-corrected chi connectivity index (χ3v) is 9.12. The van der Waals surface area contributed by atoms with Crippen molar-refractivity contribution in [2.24, 2.45) is 11.8 Å². The average molecular weight is 658 g/mol. The van der Waals surface area contributed by atoms with E-state index in [0.29, 0.717) is 25.7 Å². The van der Waals surface area contributed by atoms with Gasteiger partial charge in [-0.2, -0.15) is 0 Å². The van der Waals surface area contributed by atoms with E-state index in [1.807, 2.05) is 0 Å². The summed E-state index contributed by atoms with van der Waals surface area (Å²) in [5.74, 6) is -2.89. The molecule has 0 aliphatic heterocycles. The van der Waals surface area contributed by atoms with Crippen LogP contribution < -0.4 is 0 Å². The molecule has 226 valence electrons. The summed E-state index contributed by atoms with van der Waals surface area (Å²) in [6.45, 7) is 8.04. The SMILES string of the molecule is CCCCCCCCCCCC(=O)C(CC)C(=O)[O][Sn][O]C(=O)C(CC)C(=O)CCCCCCCCCCC. The summed E-state index contributed by atoms with van der Waals surface area (Å²) in [7, 11) is 0. The fraction of sp³-hybridized carbons (Fsp3) is 0.875. The maximum atomic E-state index is 12.6. The summed E-state index contributed by atoms with van der Waals surface area (Å²) in [4.78, 5) is 50.1. The molecule has 0 N–H and O–H groups in total. The van der Waals surface area contributed by atoms with Gasteiger partial charge in [-0.05, 0) is 0 Å². The van der Waals surface area contributed by atoms with Gasteiger partial charge in [0.05, 0.1) is 0 Å². The van der Waals surface area contributed by atoms with E-state index in [4.69, 9.17) is 6.15 Å². The molecule has 0 aromatic rings. The molecule has 0 aromatic heterocycles. The molecule has 0 spiro atoms. The number of carbonyl (C=O) groups excluding carboxylic acids is 4. The average Bonchev–Trinajstić information content (AvgIpc) is 2.92. The van der Waals surface area contributed by atoms with Crippen LogP contribution in [0.2, 0.25) is 0 Å². The third-order valence-electron chi connectivity index (χ3n) is 7.50. The fourth-order valence-electron chi connectivity index (χ4n) is 4.87. The van der Waals surface area contributed by atoms with E-state index in [1.165, 1.54) is 77.0 Å². The van der Waals surface area contributed by atoms with Crippen LogP contribution in [0.1, 0.15) is 169 Å². The summed E-state index contributed by atoms with van der Waals surface area (Å²) in [6.07, 6.45) is 22.7. The van der Waals surface area contributed by atoms with Gasteiger partial charge >= 0.3 is 212 Å². The van der Waals surface area contributed by atoms with Crippen LogP contribution in [-0.4, -0.2) is 45.5 Å². The molecule has 0 rings (SSSR count). The van der Waals surface area contributed by atoms with Crippen LogP contribution in [-0.2, 0) is 25.3 Å². The van der Waals surface area contributed by atoms with Crippen LogP contribution in [0.5, 0.6) is 0 Å². The van der Waals surface area contributed by atoms with Crippen molar-refractivity contribution in [1.82, 2.24) is 0 Å². The number of unbranched alkanes of at least 4 members (excludes halogenated alkanes) is 16. The van der Waals surface area contributed by atoms with E-state index in [2.05, 4.69) is 13.8 Å². The van der Waals surface area contributed by atoms with Gasteiger partial charge in [-0.3, -0.25) is 0 Å². The molecule has 2 radical (unpaired) electrons. The van der Waals surface area contributed by atoms with Crippen LogP contribution in [0.25, 0.3) is 0 Å². The standard InChI is InChI=1S/2C16H30O3.Sn/c2*1-3-5-6-7-8-9-10-11-12-13-15(17)14(4-2)16(18)19;/h2*14H,3-13H2,1-2H3,(H,18,19);/q;;+2/p-2. The number of carbonyl (C=O) groups is 4. The van der Waals surface area contributed by atoms with Crippen molar-refractivity contribution in [3.63, 3.8) is 0 Å². The zero-order chi connectivity index (χ0) is 29.1. The normalized spacial score (nSPS) is 12.6. The Morgan fingerprint density at radius 2 is 0.744 bits per heavy atom. The Labute approximate surface area is 250 Å². The van der Waals surface area contributed by atoms with Gasteiger partial charge in [-0.1, -0.05) is 39.5 Å². The van der Waals surface area contributed by atoms with Gasteiger partial charge in [0, 0.05) is 0 Å². The Balaban J connectivity index is 4.14. The van der Waals surface area contributed by atoms with Crippen molar-refractivity contribution in [2.75, 3.05) is 0 Å². The number of ketones is 2. The fourth-order valence-corrected chi connectivity index (χ4v) is 6.26. The van der Waals surface area contributed by atoms with Gasteiger partial charge in [0.1, 0.15) is 0 Å². The number of hydrogen-bond donors (Lipinski definition) is 0. The topological polar surface area (TPSA) is 86.7 Å². The van der Waals surface area contributed by atoms with E-state index < -0.39 is 45.7 Å². The Morgan fingerprint density at radius 3 is 1.03 bits per heavy atom. The molecule has 0 bridgehead atoms. The van der Waals surface area contributed by atoms with Crippen molar-refractivity contribution in [1.29, 1.82) is 0 Å². The number of Topliss-reactive ketones (excluding diaryl/α,β-unsaturated/α-hetero) is 2. The van der Waals surface area contributed by atoms with Gasteiger partial charge in [-0.25, -0.2) is 0 Å². The minimum atomic E-state index is -2.24. The van der Waals surface area contributed by atoms with Gasteiger partial charge in [0.15, 0.2) is 0 Å². The summed E-state index contributed by atoms with van der Waals surface area (Å²) in [6, 6.07) is 0. The first-order chi connectivity index (χ1) is 18.9. The molecule has 6 nitrogen and oxygen atoms in total. The molecule has 2 unspecified atom stereocenters. The first-order valence-corrected chi connectivity index (χ1v) is 18.5. The van der Waals surface area contributed by atoms with E-state index in [0.717, 1.165) is 38.5 Å². The second kappa shape index (κ2) is 27.3. The van der Waals surface area contributed by atoms with Crippen molar-refractivity contribution in [2.45, 2.75) is 169 Å². The zero-order valence-corrected chi connectivity index (χ0v) is 28.5. The van der Waals surface area contributed by atoms with Crippen LogP contribution in [0, 0.1) is 11.8 Å². The predicted octanol–water partition coefficient (Wildman–Crippen LogP) is 8.64. The molecular formula is C32H58O6Sn. The van der Waals surface area contributed by atoms with Crippen molar-refractivity contribution in [3.8, 4) is 0 Å². The quantitative estimate of drug-likeness (QED) is 0.0476. The van der Waals surface area contributed by atoms with Crippen molar-refractivity contribution >= 4 is 45.5 Å². The van der Waals surface area contributed by atoms with Crippen molar-refractivity contribution < 1.29 is 25.3 Å². The first kappa shape index (κ1) is 38.1. The van der Waals surface area contributed by atoms with E-state index >= 15 is 0 Å². The molecule has 0 heterocycles. The molecule has 0 saturated heterocycles. The van der Waals surface area contributed by atoms with Crippen LogP contribution in [0.3, 0.4) is 0 Å². The second-order valence-electron chi connectivity index (χ2n) is 10.9. The van der Waals surface area contributed by atoms with Crippen molar-refractivity contribution in [3.05, 3.63) is 0 Å². The van der Waals surface area contributed by atoms with Crippen LogP contribution in [0.15, 0.2) is 0 Å². The summed E-state index contributed by atoms with van der Waals surface area (Å²) >= 11 is -2.24. The van der Waals surface area contributed by atoms with Crippen LogP contribution in [0.4, 0.5) is 0 Å². The minimum Gasteiger partial charge on any atom is -0.0654 e. The molecular weight excluding hydrogens is 599 g/mol. The van der Waals surface area contributed by atoms with E-state index in [9.17, 15) is 19.2 Å². The monoisotopic (exact) mass is 658 g/mol. The molecule has 0 aromatic carbocycles. The first-order valence-electron chi connectivity index (χ1n) is 16.1. The molecule has 7 heteroatoms. The molecule has 0 aliphatic carbocycles. The smallest absolute Gasteiger partial charge is 0.0654 e. The maximum absolute atomic E-state index is 12.6. The molecule has 0 fully saturated rings. The predicted molar refractivity (Wildman–Crippen MR) is 159 cm³/mol. The van der Waals surface area contributed by atoms with E-state index in [-0.39, 0.29) is 11.6 Å². The van der Waals surface area contributed by atoms with Gasteiger partial charge in [0.25, 0.3) is 0 Å². The summed E-state index contributed by atoms with van der Waals surface area (Å²) in [5, 5.41) is 0. The van der Waals surface area contributed by atoms with Gasteiger partial charge in [-0.15, -0.1) is 0 Å². The Bertz CT molecular complexity index is 597. The molecule has 0 amide bonds. The number of hydrogen-bond acceptors (Lipinski definition) is 6.